The summed E-state index contributed by atoms with van der Waals surface area (Å²) in [7, 11) is 0. The van der Waals surface area contributed by atoms with Crippen molar-refractivity contribution >= 4 is 5.97 Å². The zero-order valence-corrected chi connectivity index (χ0v) is 13.9. The maximum absolute atomic E-state index is 11.4. The second-order valence-electron chi connectivity index (χ2n) is 7.71. The second kappa shape index (κ2) is 5.23. The molecule has 4 atom stereocenters. The third-order valence-corrected chi connectivity index (χ3v) is 6.51. The van der Waals surface area contributed by atoms with Gasteiger partial charge in [0.2, 0.25) is 0 Å². The van der Waals surface area contributed by atoms with Crippen molar-refractivity contribution in [2.24, 2.45) is 5.92 Å². The van der Waals surface area contributed by atoms with Gasteiger partial charge < -0.3 is 9.84 Å². The number of piperidine rings is 1. The lowest BCUT2D eigenvalue weighted by atomic mass is 9.59. The Morgan fingerprint density at radius 3 is 3.00 bits per heavy atom. The van der Waals surface area contributed by atoms with Gasteiger partial charge in [-0.2, -0.15) is 0 Å². The van der Waals surface area contributed by atoms with Crippen molar-refractivity contribution in [3.05, 3.63) is 29.3 Å². The van der Waals surface area contributed by atoms with Crippen LogP contribution in [0, 0.1) is 5.92 Å². The van der Waals surface area contributed by atoms with E-state index in [9.17, 15) is 9.90 Å². The number of aromatic hydroxyl groups is 1. The minimum Gasteiger partial charge on any atom is -0.508 e. The maximum Gasteiger partial charge on any atom is 0.306 e. The number of phenolic OH excluding ortho intramolecular Hbond substituents is 1. The van der Waals surface area contributed by atoms with Gasteiger partial charge in [-0.25, -0.2) is 0 Å². The van der Waals surface area contributed by atoms with Crippen LogP contribution in [0.3, 0.4) is 0 Å². The summed E-state index contributed by atoms with van der Waals surface area (Å²) in [6, 6.07) is 6.35. The van der Waals surface area contributed by atoms with Gasteiger partial charge in [0.15, 0.2) is 0 Å². The van der Waals surface area contributed by atoms with Gasteiger partial charge in [0.25, 0.3) is 0 Å². The summed E-state index contributed by atoms with van der Waals surface area (Å²) in [5.74, 6) is 0.855. The lowest BCUT2D eigenvalue weighted by Gasteiger charge is -2.55. The Labute approximate surface area is 137 Å². The van der Waals surface area contributed by atoms with E-state index in [-0.39, 0.29) is 17.5 Å². The van der Waals surface area contributed by atoms with Gasteiger partial charge in [0.1, 0.15) is 11.9 Å². The third kappa shape index (κ3) is 2.35. The molecule has 0 unspecified atom stereocenters. The maximum atomic E-state index is 11.4. The first kappa shape index (κ1) is 15.0. The predicted molar refractivity (Wildman–Crippen MR) is 87.4 cm³/mol. The molecule has 2 heterocycles. The minimum absolute atomic E-state index is 0.0469. The van der Waals surface area contributed by atoms with E-state index >= 15 is 0 Å². The van der Waals surface area contributed by atoms with Crippen LogP contribution < -0.4 is 0 Å². The van der Waals surface area contributed by atoms with Crippen LogP contribution in [0.15, 0.2) is 18.2 Å². The predicted octanol–water partition coefficient (Wildman–Crippen LogP) is 2.62. The van der Waals surface area contributed by atoms with Gasteiger partial charge >= 0.3 is 5.97 Å². The number of esters is 1. The number of likely N-dealkylation sites (tertiary alicyclic amines) is 1. The molecule has 0 saturated carbocycles. The number of cyclic esters (lactones) is 1. The Morgan fingerprint density at radius 1 is 1.43 bits per heavy atom. The molecule has 0 amide bonds. The Balaban J connectivity index is 1.61. The molecule has 3 aliphatic rings. The standard InChI is InChI=1S/C19H25NO3/c1-12-17-9-13-3-4-14(21)10-16(13)19(12,2)7-8-20(17)11-15-5-6-18(22)23-15/h3-4,10,12,15,17,21H,5-9,11H2,1-2H3/t12-,15-,17+,19+/m0/s1. The number of nitrogens with zero attached hydrogens (tertiary/aromatic N) is 1. The molecule has 4 nitrogen and oxygen atoms in total. The fourth-order valence-corrected chi connectivity index (χ4v) is 4.89. The molecule has 1 aromatic carbocycles. The molecule has 0 radical (unpaired) electrons. The summed E-state index contributed by atoms with van der Waals surface area (Å²) < 4.78 is 5.43. The summed E-state index contributed by atoms with van der Waals surface area (Å²) in [5.41, 5.74) is 2.81. The fourth-order valence-electron chi connectivity index (χ4n) is 4.89. The summed E-state index contributed by atoms with van der Waals surface area (Å²) in [6.07, 6.45) is 3.60. The van der Waals surface area contributed by atoms with Gasteiger partial charge in [-0.3, -0.25) is 9.69 Å². The van der Waals surface area contributed by atoms with Crippen molar-refractivity contribution in [3.63, 3.8) is 0 Å². The molecule has 4 heteroatoms. The molecule has 1 N–H and O–H groups in total. The van der Waals surface area contributed by atoms with Gasteiger partial charge in [-0.15, -0.1) is 0 Å². The van der Waals surface area contributed by atoms with Crippen LogP contribution in [0.5, 0.6) is 5.75 Å². The van der Waals surface area contributed by atoms with Crippen molar-refractivity contribution in [3.8, 4) is 5.75 Å². The van der Waals surface area contributed by atoms with Crippen molar-refractivity contribution in [2.75, 3.05) is 13.1 Å². The van der Waals surface area contributed by atoms with E-state index in [4.69, 9.17) is 4.74 Å². The number of hydrogen-bond donors (Lipinski definition) is 1. The van der Waals surface area contributed by atoms with Crippen molar-refractivity contribution in [2.45, 2.75) is 57.1 Å². The molecular formula is C19H25NO3. The molecule has 1 aromatic rings. The van der Waals surface area contributed by atoms with Gasteiger partial charge in [0, 0.05) is 19.0 Å². The highest BCUT2D eigenvalue weighted by Gasteiger charge is 2.49. The molecule has 23 heavy (non-hydrogen) atoms. The van der Waals surface area contributed by atoms with Crippen LogP contribution >= 0.6 is 0 Å². The van der Waals surface area contributed by atoms with Gasteiger partial charge in [-0.1, -0.05) is 19.9 Å². The van der Waals surface area contributed by atoms with Crippen molar-refractivity contribution in [1.29, 1.82) is 0 Å². The van der Waals surface area contributed by atoms with Crippen LogP contribution in [0.2, 0.25) is 0 Å². The lowest BCUT2D eigenvalue weighted by Crippen LogP contribution is -2.59. The van der Waals surface area contributed by atoms with Gasteiger partial charge in [0.05, 0.1) is 0 Å². The number of rotatable bonds is 2. The molecule has 2 bridgehead atoms. The highest BCUT2D eigenvalue weighted by atomic mass is 16.5. The Hall–Kier alpha value is -1.55. The number of ether oxygens (including phenoxy) is 1. The normalized spacial score (nSPS) is 36.6. The zero-order chi connectivity index (χ0) is 16.2. The van der Waals surface area contributed by atoms with Gasteiger partial charge in [-0.05, 0) is 60.4 Å². The van der Waals surface area contributed by atoms with E-state index in [0.717, 1.165) is 32.4 Å². The van der Waals surface area contributed by atoms with E-state index in [1.54, 1.807) is 6.07 Å². The highest BCUT2D eigenvalue weighted by Crippen LogP contribution is 2.49. The molecule has 2 aliphatic heterocycles. The number of carbonyl (C=O) groups excluding carboxylic acids is 1. The Bertz CT molecular complexity index is 644. The summed E-state index contributed by atoms with van der Waals surface area (Å²) in [4.78, 5) is 13.9. The van der Waals surface area contributed by atoms with E-state index in [0.29, 0.717) is 24.1 Å². The van der Waals surface area contributed by atoms with Crippen LogP contribution in [0.25, 0.3) is 0 Å². The molecule has 0 aromatic heterocycles. The topological polar surface area (TPSA) is 49.8 Å². The number of fused-ring (bicyclic) bond motifs is 4. The number of phenols is 1. The first-order valence-electron chi connectivity index (χ1n) is 8.73. The minimum atomic E-state index is -0.0469. The highest BCUT2D eigenvalue weighted by molar-refractivity contribution is 5.71. The molecule has 124 valence electrons. The monoisotopic (exact) mass is 315 g/mol. The molecule has 0 spiro atoms. The van der Waals surface area contributed by atoms with E-state index in [1.165, 1.54) is 11.1 Å². The van der Waals surface area contributed by atoms with E-state index in [2.05, 4.69) is 24.8 Å². The van der Waals surface area contributed by atoms with Crippen LogP contribution in [-0.2, 0) is 21.4 Å². The van der Waals surface area contributed by atoms with Crippen LogP contribution in [0.1, 0.15) is 44.2 Å². The Kier molecular flexibility index (Phi) is 3.41. The zero-order valence-electron chi connectivity index (χ0n) is 13.9. The van der Waals surface area contributed by atoms with E-state index in [1.807, 2.05) is 6.07 Å². The average Bonchev–Trinajstić information content (AvgIpc) is 2.92. The van der Waals surface area contributed by atoms with Crippen molar-refractivity contribution in [1.82, 2.24) is 4.90 Å². The Morgan fingerprint density at radius 2 is 2.26 bits per heavy atom. The fraction of sp³-hybridized carbons (Fsp3) is 0.632. The van der Waals surface area contributed by atoms with E-state index < -0.39 is 0 Å². The van der Waals surface area contributed by atoms with Crippen LogP contribution in [-0.4, -0.2) is 41.2 Å². The smallest absolute Gasteiger partial charge is 0.306 e. The molecule has 2 fully saturated rings. The molecule has 2 saturated heterocycles. The lowest BCUT2D eigenvalue weighted by molar-refractivity contribution is -0.142. The number of carbonyl (C=O) groups is 1. The molecular weight excluding hydrogens is 290 g/mol. The average molecular weight is 315 g/mol. The third-order valence-electron chi connectivity index (χ3n) is 6.51. The second-order valence-corrected chi connectivity index (χ2v) is 7.71. The summed E-state index contributed by atoms with van der Waals surface area (Å²) in [5, 5.41) is 9.89. The summed E-state index contributed by atoms with van der Waals surface area (Å²) >= 11 is 0. The largest absolute Gasteiger partial charge is 0.508 e. The number of benzene rings is 1. The summed E-state index contributed by atoms with van der Waals surface area (Å²) in [6.45, 7) is 6.58. The first-order chi connectivity index (χ1) is 11.0. The molecule has 1 aliphatic carbocycles. The quantitative estimate of drug-likeness (QED) is 0.852. The first-order valence-corrected chi connectivity index (χ1v) is 8.73. The number of hydrogen-bond acceptors (Lipinski definition) is 4. The van der Waals surface area contributed by atoms with Crippen LogP contribution in [0.4, 0.5) is 0 Å². The SMILES string of the molecule is C[C@H]1[C@H]2Cc3ccc(O)cc3[C@]1(C)CCN2C[C@@H]1CCC(=O)O1. The molecule has 4 rings (SSSR count). The van der Waals surface area contributed by atoms with Crippen molar-refractivity contribution < 1.29 is 14.6 Å².